The zero-order chi connectivity index (χ0) is 37.5. The van der Waals surface area contributed by atoms with Gasteiger partial charge in [-0.1, -0.05) is 169 Å². The minimum absolute atomic E-state index is 0.623. The third-order valence-electron chi connectivity index (χ3n) is 11.6. The molecule has 0 saturated heterocycles. The van der Waals surface area contributed by atoms with E-state index in [1.54, 1.807) is 0 Å². The van der Waals surface area contributed by atoms with Gasteiger partial charge in [0, 0.05) is 37.3 Å². The van der Waals surface area contributed by atoms with Gasteiger partial charge < -0.3 is 4.42 Å². The summed E-state index contributed by atoms with van der Waals surface area (Å²) >= 11 is 1.84. The van der Waals surface area contributed by atoms with E-state index in [9.17, 15) is 0 Å². The number of furan rings is 1. The van der Waals surface area contributed by atoms with E-state index in [-0.39, 0.29) is 0 Å². The fourth-order valence-electron chi connectivity index (χ4n) is 9.15. The first-order valence-corrected chi connectivity index (χ1v) is 20.0. The van der Waals surface area contributed by atoms with E-state index in [4.69, 9.17) is 19.4 Å². The Labute approximate surface area is 333 Å². The second kappa shape index (κ2) is 12.5. The van der Waals surface area contributed by atoms with Crippen LogP contribution < -0.4 is 0 Å². The summed E-state index contributed by atoms with van der Waals surface area (Å²) in [6.07, 6.45) is 0. The monoisotopic (exact) mass is 745 g/mol. The lowest BCUT2D eigenvalue weighted by Gasteiger charge is -2.42. The highest BCUT2D eigenvalue weighted by molar-refractivity contribution is 7.99. The van der Waals surface area contributed by atoms with Crippen LogP contribution in [0, 0.1) is 0 Å². The van der Waals surface area contributed by atoms with Crippen LogP contribution in [0.1, 0.15) is 22.3 Å². The highest BCUT2D eigenvalue weighted by Crippen LogP contribution is 2.62. The van der Waals surface area contributed by atoms with E-state index >= 15 is 0 Å². The van der Waals surface area contributed by atoms with Crippen molar-refractivity contribution in [3.8, 4) is 56.4 Å². The molecule has 12 rings (SSSR count). The summed E-state index contributed by atoms with van der Waals surface area (Å²) in [5, 5.41) is 2.25. The van der Waals surface area contributed by atoms with E-state index in [1.165, 1.54) is 54.3 Å². The van der Waals surface area contributed by atoms with Crippen LogP contribution in [0.3, 0.4) is 0 Å². The quantitative estimate of drug-likeness (QED) is 0.180. The number of rotatable bonds is 3. The van der Waals surface area contributed by atoms with Gasteiger partial charge in [0.2, 0.25) is 0 Å². The second-order valence-corrected chi connectivity index (χ2v) is 15.8. The van der Waals surface area contributed by atoms with Gasteiger partial charge in [-0.2, -0.15) is 0 Å². The van der Waals surface area contributed by atoms with Crippen LogP contribution in [0.15, 0.2) is 202 Å². The van der Waals surface area contributed by atoms with Gasteiger partial charge in [-0.25, -0.2) is 15.0 Å². The molecule has 0 radical (unpaired) electrons. The van der Waals surface area contributed by atoms with E-state index < -0.39 is 5.41 Å². The van der Waals surface area contributed by atoms with Crippen molar-refractivity contribution in [2.75, 3.05) is 0 Å². The standard InChI is InChI=1S/C52H31N3OS/c1-3-15-32(16-4-1)49-53-50(33-17-5-2-6-18-33)55-51(54-49)34-27-28-38-36-20-8-7-19-35(36)37-21-9-11-23-41(37)52(43(38)29-34)42-24-12-14-26-47(42)57-48-30-40-39-22-10-13-25-45(39)56-46(40)31-44(48)52/h1-31H. The Balaban J connectivity index is 1.22. The summed E-state index contributed by atoms with van der Waals surface area (Å²) in [4.78, 5) is 17.9. The Hall–Kier alpha value is -7.08. The van der Waals surface area contributed by atoms with Gasteiger partial charge >= 0.3 is 0 Å². The molecule has 0 saturated carbocycles. The van der Waals surface area contributed by atoms with Crippen LogP contribution in [0.2, 0.25) is 0 Å². The molecule has 2 aromatic heterocycles. The number of fused-ring (bicyclic) bond motifs is 14. The maximum atomic E-state index is 6.68. The summed E-state index contributed by atoms with van der Waals surface area (Å²) in [6.45, 7) is 0. The van der Waals surface area contributed by atoms with Crippen LogP contribution in [0.25, 0.3) is 78.4 Å². The molecule has 0 fully saturated rings. The largest absolute Gasteiger partial charge is 0.456 e. The van der Waals surface area contributed by atoms with Gasteiger partial charge in [-0.3, -0.25) is 0 Å². The molecule has 2 aliphatic rings. The number of aromatic nitrogens is 3. The van der Waals surface area contributed by atoms with E-state index in [0.717, 1.165) is 38.6 Å². The van der Waals surface area contributed by atoms with Crippen LogP contribution >= 0.6 is 11.8 Å². The average molecular weight is 746 g/mol. The lowest BCUT2D eigenvalue weighted by molar-refractivity contribution is 0.660. The van der Waals surface area contributed by atoms with Crippen LogP contribution in [0.4, 0.5) is 0 Å². The Morgan fingerprint density at radius 1 is 0.351 bits per heavy atom. The molecule has 1 aliphatic heterocycles. The van der Waals surface area contributed by atoms with E-state index in [0.29, 0.717) is 17.5 Å². The van der Waals surface area contributed by atoms with Crippen molar-refractivity contribution in [3.63, 3.8) is 0 Å². The predicted molar refractivity (Wildman–Crippen MR) is 230 cm³/mol. The van der Waals surface area contributed by atoms with Gasteiger partial charge in [-0.15, -0.1) is 0 Å². The third kappa shape index (κ3) is 4.79. The van der Waals surface area contributed by atoms with Crippen molar-refractivity contribution in [1.82, 2.24) is 15.0 Å². The molecule has 10 aromatic rings. The van der Waals surface area contributed by atoms with Crippen molar-refractivity contribution in [2.45, 2.75) is 15.2 Å². The maximum Gasteiger partial charge on any atom is 0.164 e. The summed E-state index contributed by atoms with van der Waals surface area (Å²) in [7, 11) is 0. The van der Waals surface area contributed by atoms with Gasteiger partial charge in [0.1, 0.15) is 11.2 Å². The number of benzene rings is 8. The lowest BCUT2D eigenvalue weighted by atomic mass is 9.63. The summed E-state index contributed by atoms with van der Waals surface area (Å²) in [5.41, 5.74) is 13.4. The van der Waals surface area contributed by atoms with Crippen molar-refractivity contribution >= 4 is 33.7 Å². The van der Waals surface area contributed by atoms with Crippen molar-refractivity contribution < 1.29 is 4.42 Å². The fourth-order valence-corrected chi connectivity index (χ4v) is 10.4. The fraction of sp³-hybridized carbons (Fsp3) is 0.0192. The van der Waals surface area contributed by atoms with Gasteiger partial charge in [0.15, 0.2) is 17.5 Å². The minimum atomic E-state index is -0.733. The molecule has 0 amide bonds. The van der Waals surface area contributed by atoms with Crippen molar-refractivity contribution in [3.05, 3.63) is 210 Å². The first-order chi connectivity index (χ1) is 28.2. The van der Waals surface area contributed by atoms with E-state index in [2.05, 4.69) is 146 Å². The SMILES string of the molecule is c1ccc(-c2nc(-c3ccccc3)nc(-c3ccc4c(c3)C3(c5ccccc5Sc5cc6c(cc53)oc3ccccc36)c3ccccc3-c3ccccc3-4)n2)cc1. The number of para-hydroxylation sites is 1. The normalized spacial score (nSPS) is 15.0. The molecule has 1 atom stereocenters. The number of hydrogen-bond acceptors (Lipinski definition) is 5. The third-order valence-corrected chi connectivity index (χ3v) is 12.7. The van der Waals surface area contributed by atoms with Gasteiger partial charge in [0.25, 0.3) is 0 Å². The summed E-state index contributed by atoms with van der Waals surface area (Å²) in [6, 6.07) is 66.9. The summed E-state index contributed by atoms with van der Waals surface area (Å²) < 4.78 is 6.68. The Kier molecular flexibility index (Phi) is 7.04. The zero-order valence-electron chi connectivity index (χ0n) is 30.6. The van der Waals surface area contributed by atoms with Crippen molar-refractivity contribution in [2.24, 2.45) is 0 Å². The van der Waals surface area contributed by atoms with Gasteiger partial charge in [0.05, 0.1) is 5.41 Å². The lowest BCUT2D eigenvalue weighted by Crippen LogP contribution is -2.34. The smallest absolute Gasteiger partial charge is 0.164 e. The highest BCUT2D eigenvalue weighted by Gasteiger charge is 2.48. The van der Waals surface area contributed by atoms with Crippen LogP contribution in [-0.2, 0) is 5.41 Å². The summed E-state index contributed by atoms with van der Waals surface area (Å²) in [5.74, 6) is 1.89. The van der Waals surface area contributed by atoms with Crippen LogP contribution in [-0.4, -0.2) is 15.0 Å². The maximum absolute atomic E-state index is 6.68. The average Bonchev–Trinajstić information content (AvgIpc) is 3.60. The Bertz CT molecular complexity index is 3170. The Morgan fingerprint density at radius 2 is 0.912 bits per heavy atom. The molecule has 1 unspecified atom stereocenters. The van der Waals surface area contributed by atoms with Crippen molar-refractivity contribution in [1.29, 1.82) is 0 Å². The minimum Gasteiger partial charge on any atom is -0.456 e. The zero-order valence-corrected chi connectivity index (χ0v) is 31.4. The molecule has 57 heavy (non-hydrogen) atoms. The molecule has 266 valence electrons. The van der Waals surface area contributed by atoms with Gasteiger partial charge in [-0.05, 0) is 74.8 Å². The molecule has 5 heteroatoms. The van der Waals surface area contributed by atoms with E-state index in [1.807, 2.05) is 54.2 Å². The number of nitrogens with zero attached hydrogens (tertiary/aromatic N) is 3. The first kappa shape index (κ1) is 32.2. The predicted octanol–water partition coefficient (Wildman–Crippen LogP) is 13.3. The molecule has 8 aromatic carbocycles. The molecule has 1 spiro atoms. The Morgan fingerprint density at radius 3 is 1.63 bits per heavy atom. The molecule has 3 heterocycles. The number of hydrogen-bond donors (Lipinski definition) is 0. The second-order valence-electron chi connectivity index (χ2n) is 14.7. The molecular weight excluding hydrogens is 715 g/mol. The van der Waals surface area contributed by atoms with Crippen LogP contribution in [0.5, 0.6) is 0 Å². The molecule has 4 nitrogen and oxygen atoms in total. The molecule has 0 N–H and O–H groups in total. The topological polar surface area (TPSA) is 51.8 Å². The molecule has 0 bridgehead atoms. The molecule has 1 aliphatic carbocycles. The highest BCUT2D eigenvalue weighted by atomic mass is 32.2. The first-order valence-electron chi connectivity index (χ1n) is 19.2. The molecular formula is C52H31N3OS.